The molecule has 0 radical (unpaired) electrons. The first kappa shape index (κ1) is 46.6. The lowest BCUT2D eigenvalue weighted by Gasteiger charge is -2.26. The SMILES string of the molecule is c1ccc(-c2ccc(N(c3ccccc3)c3ccc4cc(-c5ccc(N(c6ccccc6)c6ccc(-c7ccc8cc(N(c9ccccc9)c9ccc(-c%10ccccc%10)cc9)ccc8c7)cc6)cc5)ccc4c3)cc2)cc1. The molecule has 0 saturated heterocycles. The van der Waals surface area contributed by atoms with Crippen LogP contribution in [-0.4, -0.2) is 0 Å². The number of benzene rings is 13. The Bertz CT molecular complexity index is 3840. The highest BCUT2D eigenvalue weighted by Gasteiger charge is 2.17. The molecule has 77 heavy (non-hydrogen) atoms. The smallest absolute Gasteiger partial charge is 0.0468 e. The molecule has 0 aliphatic heterocycles. The maximum Gasteiger partial charge on any atom is 0.0468 e. The second-order valence-electron chi connectivity index (χ2n) is 19.4. The number of rotatable bonds is 13. The number of para-hydroxylation sites is 3. The van der Waals surface area contributed by atoms with Crippen molar-refractivity contribution in [1.29, 1.82) is 0 Å². The lowest BCUT2D eigenvalue weighted by molar-refractivity contribution is 1.28. The minimum atomic E-state index is 1.09. The maximum atomic E-state index is 2.33. The van der Waals surface area contributed by atoms with Crippen LogP contribution in [0.15, 0.2) is 322 Å². The van der Waals surface area contributed by atoms with Gasteiger partial charge in [-0.25, -0.2) is 0 Å². The molecule has 364 valence electrons. The third kappa shape index (κ3) is 9.74. The predicted molar refractivity (Wildman–Crippen MR) is 327 cm³/mol. The van der Waals surface area contributed by atoms with Crippen molar-refractivity contribution in [1.82, 2.24) is 0 Å². The standard InChI is InChI=1S/C74H53N3/c1-6-16-54(17-7-1)56-30-40-71(41-31-56)76(67-22-12-4-13-23-67)73-48-38-62-50-60(26-28-64(62)52-73)58-34-44-69(45-35-58)75(66-20-10-3-11-21-66)70-46-36-59(37-47-70)61-27-29-65-53-74(49-39-63(65)51-61)77(68-24-14-5-15-25-68)72-42-32-57(33-43-72)55-18-8-2-9-19-55/h1-53H. The molecule has 0 spiro atoms. The van der Waals surface area contributed by atoms with Crippen molar-refractivity contribution in [3.8, 4) is 44.5 Å². The quantitative estimate of drug-likeness (QED) is 0.114. The summed E-state index contributed by atoms with van der Waals surface area (Å²) in [5, 5.41) is 4.77. The van der Waals surface area contributed by atoms with Crippen molar-refractivity contribution in [2.24, 2.45) is 0 Å². The third-order valence-corrected chi connectivity index (χ3v) is 14.6. The molecule has 0 aliphatic rings. The zero-order valence-corrected chi connectivity index (χ0v) is 42.4. The largest absolute Gasteiger partial charge is 0.311 e. The van der Waals surface area contributed by atoms with E-state index in [1.807, 2.05) is 0 Å². The second-order valence-corrected chi connectivity index (χ2v) is 19.4. The normalized spacial score (nSPS) is 11.1. The fraction of sp³-hybridized carbons (Fsp3) is 0. The molecule has 0 N–H and O–H groups in total. The van der Waals surface area contributed by atoms with Crippen molar-refractivity contribution >= 4 is 72.7 Å². The summed E-state index contributed by atoms with van der Waals surface area (Å²) in [6.07, 6.45) is 0. The van der Waals surface area contributed by atoms with Gasteiger partial charge in [0.15, 0.2) is 0 Å². The summed E-state index contributed by atoms with van der Waals surface area (Å²) in [6.45, 7) is 0. The van der Waals surface area contributed by atoms with E-state index < -0.39 is 0 Å². The summed E-state index contributed by atoms with van der Waals surface area (Å²) < 4.78 is 0. The topological polar surface area (TPSA) is 9.72 Å². The molecule has 13 rings (SSSR count). The van der Waals surface area contributed by atoms with E-state index in [0.717, 1.165) is 51.2 Å². The van der Waals surface area contributed by atoms with Crippen LogP contribution in [0.2, 0.25) is 0 Å². The molecule has 0 fully saturated rings. The van der Waals surface area contributed by atoms with Gasteiger partial charge >= 0.3 is 0 Å². The van der Waals surface area contributed by atoms with Gasteiger partial charge < -0.3 is 14.7 Å². The van der Waals surface area contributed by atoms with Gasteiger partial charge in [-0.3, -0.25) is 0 Å². The number of fused-ring (bicyclic) bond motifs is 2. The van der Waals surface area contributed by atoms with Gasteiger partial charge in [0.1, 0.15) is 0 Å². The molecule has 13 aromatic carbocycles. The minimum absolute atomic E-state index is 1.09. The minimum Gasteiger partial charge on any atom is -0.311 e. The molecule has 0 bridgehead atoms. The number of nitrogens with zero attached hydrogens (tertiary/aromatic N) is 3. The van der Waals surface area contributed by atoms with E-state index in [0.29, 0.717) is 0 Å². The molecule has 0 heterocycles. The number of hydrogen-bond acceptors (Lipinski definition) is 3. The Balaban J connectivity index is 0.751. The lowest BCUT2D eigenvalue weighted by Crippen LogP contribution is -2.09. The van der Waals surface area contributed by atoms with Gasteiger partial charge in [-0.05, 0) is 187 Å². The van der Waals surface area contributed by atoms with Crippen molar-refractivity contribution in [3.05, 3.63) is 322 Å². The summed E-state index contributed by atoms with van der Waals surface area (Å²) in [6, 6.07) is 116. The average Bonchev–Trinajstić information content (AvgIpc) is 3.51. The molecule has 13 aromatic rings. The molecular formula is C74H53N3. The Morgan fingerprint density at radius 2 is 0.325 bits per heavy atom. The van der Waals surface area contributed by atoms with E-state index in [2.05, 4.69) is 336 Å². The third-order valence-electron chi connectivity index (χ3n) is 14.6. The van der Waals surface area contributed by atoms with Gasteiger partial charge in [-0.1, -0.05) is 200 Å². The Kier molecular flexibility index (Phi) is 12.7. The van der Waals surface area contributed by atoms with Gasteiger partial charge in [0.05, 0.1) is 0 Å². The summed E-state index contributed by atoms with van der Waals surface area (Å²) in [7, 11) is 0. The Morgan fingerprint density at radius 1 is 0.130 bits per heavy atom. The van der Waals surface area contributed by atoms with E-state index in [-0.39, 0.29) is 0 Å². The maximum absolute atomic E-state index is 2.33. The molecule has 0 amide bonds. The van der Waals surface area contributed by atoms with Gasteiger partial charge in [-0.15, -0.1) is 0 Å². The molecule has 0 atom stereocenters. The Hall–Kier alpha value is -10.2. The lowest BCUT2D eigenvalue weighted by atomic mass is 9.99. The number of anilines is 9. The molecule has 3 nitrogen and oxygen atoms in total. The first-order valence-electron chi connectivity index (χ1n) is 26.3. The van der Waals surface area contributed by atoms with Crippen LogP contribution < -0.4 is 14.7 Å². The molecule has 0 unspecified atom stereocenters. The van der Waals surface area contributed by atoms with Crippen LogP contribution >= 0.6 is 0 Å². The molecular weight excluding hydrogens is 931 g/mol. The second kappa shape index (κ2) is 21.0. The summed E-state index contributed by atoms with van der Waals surface area (Å²) in [5.74, 6) is 0. The van der Waals surface area contributed by atoms with E-state index in [9.17, 15) is 0 Å². The Morgan fingerprint density at radius 3 is 0.636 bits per heavy atom. The average molecular weight is 984 g/mol. The van der Waals surface area contributed by atoms with E-state index >= 15 is 0 Å². The van der Waals surface area contributed by atoms with Gasteiger partial charge in [0, 0.05) is 51.2 Å². The van der Waals surface area contributed by atoms with E-state index in [4.69, 9.17) is 0 Å². The van der Waals surface area contributed by atoms with Crippen molar-refractivity contribution in [3.63, 3.8) is 0 Å². The molecule has 3 heteroatoms. The molecule has 0 aliphatic carbocycles. The zero-order valence-electron chi connectivity index (χ0n) is 42.4. The van der Waals surface area contributed by atoms with Gasteiger partial charge in [0.25, 0.3) is 0 Å². The monoisotopic (exact) mass is 983 g/mol. The van der Waals surface area contributed by atoms with Crippen LogP contribution in [0.1, 0.15) is 0 Å². The molecule has 0 saturated carbocycles. The van der Waals surface area contributed by atoms with Gasteiger partial charge in [-0.2, -0.15) is 0 Å². The van der Waals surface area contributed by atoms with Crippen LogP contribution in [0.5, 0.6) is 0 Å². The summed E-state index contributed by atoms with van der Waals surface area (Å²) in [5.41, 5.74) is 19.5. The van der Waals surface area contributed by atoms with Crippen molar-refractivity contribution < 1.29 is 0 Å². The highest BCUT2D eigenvalue weighted by atomic mass is 15.2. The first-order valence-corrected chi connectivity index (χ1v) is 26.3. The Labute approximate surface area is 451 Å². The van der Waals surface area contributed by atoms with Crippen LogP contribution in [0.25, 0.3) is 66.1 Å². The first-order chi connectivity index (χ1) is 38.1. The van der Waals surface area contributed by atoms with Crippen molar-refractivity contribution in [2.75, 3.05) is 14.7 Å². The molecule has 0 aromatic heterocycles. The summed E-state index contributed by atoms with van der Waals surface area (Å²) in [4.78, 5) is 7.00. The van der Waals surface area contributed by atoms with E-state index in [1.165, 1.54) is 66.1 Å². The van der Waals surface area contributed by atoms with Crippen LogP contribution in [0, 0.1) is 0 Å². The highest BCUT2D eigenvalue weighted by Crippen LogP contribution is 2.42. The van der Waals surface area contributed by atoms with Crippen LogP contribution in [0.3, 0.4) is 0 Å². The van der Waals surface area contributed by atoms with Gasteiger partial charge in [0.2, 0.25) is 0 Å². The number of hydrogen-bond donors (Lipinski definition) is 0. The van der Waals surface area contributed by atoms with Crippen LogP contribution in [-0.2, 0) is 0 Å². The fourth-order valence-corrected chi connectivity index (χ4v) is 10.6. The predicted octanol–water partition coefficient (Wildman–Crippen LogP) is 21.1. The van der Waals surface area contributed by atoms with Crippen LogP contribution in [0.4, 0.5) is 51.2 Å². The highest BCUT2D eigenvalue weighted by molar-refractivity contribution is 5.94. The zero-order chi connectivity index (χ0) is 51.3. The summed E-state index contributed by atoms with van der Waals surface area (Å²) >= 11 is 0. The van der Waals surface area contributed by atoms with E-state index in [1.54, 1.807) is 0 Å². The van der Waals surface area contributed by atoms with Crippen molar-refractivity contribution in [2.45, 2.75) is 0 Å². The fourth-order valence-electron chi connectivity index (χ4n) is 10.6.